The standard InChI is InChI=1S/C23H22ClFN4O5/c1-12-3-4-17-15(7-12)27-22(29(17)10-13-9-28(5-6-33-13)23(31)32-2)19-14(24)8-16-21(20(19)25)34-11-18(30)26-16/h3-4,7-8,13H,5-6,9-11H2,1-2H3,(H,26,30)/t13-/m1/s1. The summed E-state index contributed by atoms with van der Waals surface area (Å²) in [6.07, 6.45) is -0.803. The lowest BCUT2D eigenvalue weighted by Gasteiger charge is -2.32. The second-order valence-corrected chi connectivity index (χ2v) is 8.62. The normalized spacial score (nSPS) is 17.8. The molecule has 1 saturated heterocycles. The molecule has 1 N–H and O–H groups in total. The molecule has 1 fully saturated rings. The number of ether oxygens (including phenoxy) is 3. The Morgan fingerprint density at radius 3 is 3.00 bits per heavy atom. The van der Waals surface area contributed by atoms with Crippen molar-refractivity contribution >= 4 is 40.3 Å². The third-order valence-electron chi connectivity index (χ3n) is 5.88. The van der Waals surface area contributed by atoms with Crippen molar-refractivity contribution in [1.29, 1.82) is 0 Å². The van der Waals surface area contributed by atoms with Crippen molar-refractivity contribution in [2.45, 2.75) is 19.6 Å². The fraction of sp³-hybridized carbons (Fsp3) is 0.348. The number of aromatic nitrogens is 2. The highest BCUT2D eigenvalue weighted by atomic mass is 35.5. The van der Waals surface area contributed by atoms with Gasteiger partial charge in [-0.3, -0.25) is 4.79 Å². The van der Waals surface area contributed by atoms with Crippen LogP contribution in [0.3, 0.4) is 0 Å². The van der Waals surface area contributed by atoms with Gasteiger partial charge in [0.25, 0.3) is 5.91 Å². The van der Waals surface area contributed by atoms with Gasteiger partial charge in [0.1, 0.15) is 5.82 Å². The summed E-state index contributed by atoms with van der Waals surface area (Å²) in [4.78, 5) is 29.9. The molecule has 2 aliphatic rings. The molecule has 9 nitrogen and oxygen atoms in total. The quantitative estimate of drug-likeness (QED) is 0.605. The Labute approximate surface area is 199 Å². The lowest BCUT2D eigenvalue weighted by Crippen LogP contribution is -2.47. The molecule has 2 aliphatic heterocycles. The Bertz CT molecular complexity index is 1310. The van der Waals surface area contributed by atoms with Crippen molar-refractivity contribution < 1.29 is 28.2 Å². The minimum absolute atomic E-state index is 0.0612. The van der Waals surface area contributed by atoms with Gasteiger partial charge in [-0.25, -0.2) is 14.2 Å². The summed E-state index contributed by atoms with van der Waals surface area (Å²) in [6, 6.07) is 7.20. The van der Waals surface area contributed by atoms with Crippen molar-refractivity contribution in [3.05, 3.63) is 40.7 Å². The van der Waals surface area contributed by atoms with Gasteiger partial charge in [0.05, 0.1) is 60.2 Å². The van der Waals surface area contributed by atoms with Gasteiger partial charge in [0, 0.05) is 6.54 Å². The first-order chi connectivity index (χ1) is 16.4. The van der Waals surface area contributed by atoms with Gasteiger partial charge in [-0.15, -0.1) is 0 Å². The average Bonchev–Trinajstić information content (AvgIpc) is 3.15. The van der Waals surface area contributed by atoms with Gasteiger partial charge < -0.3 is 29.0 Å². The zero-order valence-corrected chi connectivity index (χ0v) is 19.3. The number of nitrogens with one attached hydrogen (secondary N) is 1. The lowest BCUT2D eigenvalue weighted by molar-refractivity contribution is -0.118. The van der Waals surface area contributed by atoms with E-state index in [0.717, 1.165) is 11.1 Å². The summed E-state index contributed by atoms with van der Waals surface area (Å²) in [5, 5.41) is 2.65. The van der Waals surface area contributed by atoms with E-state index in [1.54, 1.807) is 4.90 Å². The molecule has 1 aromatic heterocycles. The predicted molar refractivity (Wildman–Crippen MR) is 123 cm³/mol. The fourth-order valence-corrected chi connectivity index (χ4v) is 4.58. The number of benzene rings is 2. The van der Waals surface area contributed by atoms with Gasteiger partial charge in [0.15, 0.2) is 18.2 Å². The largest absolute Gasteiger partial charge is 0.478 e. The Balaban J connectivity index is 1.61. The summed E-state index contributed by atoms with van der Waals surface area (Å²) in [7, 11) is 1.34. The van der Waals surface area contributed by atoms with Crippen LogP contribution in [0.25, 0.3) is 22.4 Å². The number of imidazole rings is 1. The molecule has 0 spiro atoms. The maximum atomic E-state index is 15.7. The highest BCUT2D eigenvalue weighted by molar-refractivity contribution is 6.33. The van der Waals surface area contributed by atoms with E-state index in [-0.39, 0.29) is 40.6 Å². The number of halogens is 2. The number of rotatable bonds is 3. The number of morpholine rings is 1. The van der Waals surface area contributed by atoms with E-state index in [2.05, 4.69) is 5.32 Å². The molecular formula is C23H22ClFN4O5. The molecule has 3 aromatic rings. The molecule has 5 rings (SSSR count). The van der Waals surface area contributed by atoms with Crippen molar-refractivity contribution in [1.82, 2.24) is 14.5 Å². The molecule has 3 heterocycles. The number of hydrogen-bond acceptors (Lipinski definition) is 6. The third kappa shape index (κ3) is 3.92. The Kier molecular flexibility index (Phi) is 5.78. The van der Waals surface area contributed by atoms with Crippen LogP contribution in [0, 0.1) is 12.7 Å². The minimum atomic E-state index is -0.712. The van der Waals surface area contributed by atoms with Crippen LogP contribution in [-0.2, 0) is 20.8 Å². The fourth-order valence-electron chi connectivity index (χ4n) is 4.31. The van der Waals surface area contributed by atoms with Crippen molar-refractivity contribution in [3.63, 3.8) is 0 Å². The first kappa shape index (κ1) is 22.4. The molecule has 1 atom stereocenters. The second kappa shape index (κ2) is 8.77. The highest BCUT2D eigenvalue weighted by Gasteiger charge is 2.30. The molecule has 0 unspecified atom stereocenters. The number of aryl methyl sites for hydroxylation is 1. The molecular weight excluding hydrogens is 467 g/mol. The van der Waals surface area contributed by atoms with Gasteiger partial charge in [0.2, 0.25) is 0 Å². The van der Waals surface area contributed by atoms with E-state index in [1.807, 2.05) is 29.7 Å². The smallest absolute Gasteiger partial charge is 0.409 e. The average molecular weight is 489 g/mol. The van der Waals surface area contributed by atoms with Crippen molar-refractivity contribution in [2.75, 3.05) is 38.7 Å². The van der Waals surface area contributed by atoms with Crippen LogP contribution in [0.15, 0.2) is 24.3 Å². The van der Waals surface area contributed by atoms with Crippen molar-refractivity contribution in [2.24, 2.45) is 0 Å². The molecule has 0 radical (unpaired) electrons. The Morgan fingerprint density at radius 1 is 1.38 bits per heavy atom. The number of amides is 2. The van der Waals surface area contributed by atoms with Crippen LogP contribution in [0.2, 0.25) is 5.02 Å². The van der Waals surface area contributed by atoms with Crippen LogP contribution >= 0.6 is 11.6 Å². The second-order valence-electron chi connectivity index (χ2n) is 8.21. The Hall–Kier alpha value is -3.37. The first-order valence-corrected chi connectivity index (χ1v) is 11.1. The van der Waals surface area contributed by atoms with E-state index in [1.165, 1.54) is 13.2 Å². The predicted octanol–water partition coefficient (Wildman–Crippen LogP) is 3.60. The minimum Gasteiger partial charge on any atom is -0.478 e. The zero-order chi connectivity index (χ0) is 24.0. The first-order valence-electron chi connectivity index (χ1n) is 10.7. The molecule has 2 aromatic carbocycles. The Morgan fingerprint density at radius 2 is 2.21 bits per heavy atom. The number of fused-ring (bicyclic) bond motifs is 2. The van der Waals surface area contributed by atoms with Crippen LogP contribution < -0.4 is 10.1 Å². The maximum absolute atomic E-state index is 15.7. The zero-order valence-electron chi connectivity index (χ0n) is 18.6. The van der Waals surface area contributed by atoms with Gasteiger partial charge >= 0.3 is 6.09 Å². The molecule has 0 bridgehead atoms. The monoisotopic (exact) mass is 488 g/mol. The number of hydrogen-bond donors (Lipinski definition) is 1. The van der Waals surface area contributed by atoms with Crippen LogP contribution in [-0.4, -0.2) is 66.0 Å². The lowest BCUT2D eigenvalue weighted by atomic mass is 10.1. The summed E-state index contributed by atoms with van der Waals surface area (Å²) in [6.45, 7) is 3.04. The van der Waals surface area contributed by atoms with Gasteiger partial charge in [-0.05, 0) is 30.7 Å². The SMILES string of the molecule is COC(=O)N1CCO[C@@H](Cn2c(-c3c(Cl)cc4c(c3F)OCC(=O)N4)nc3cc(C)ccc32)C1. The van der Waals surface area contributed by atoms with Gasteiger partial charge in [-0.2, -0.15) is 0 Å². The van der Waals surface area contributed by atoms with Gasteiger partial charge in [-0.1, -0.05) is 17.7 Å². The summed E-state index contributed by atoms with van der Waals surface area (Å²) >= 11 is 6.50. The van der Waals surface area contributed by atoms with Crippen LogP contribution in [0.5, 0.6) is 5.75 Å². The van der Waals surface area contributed by atoms with Crippen LogP contribution in [0.4, 0.5) is 14.9 Å². The summed E-state index contributed by atoms with van der Waals surface area (Å²) in [5.41, 5.74) is 2.66. The number of carbonyl (C=O) groups excluding carboxylic acids is 2. The van der Waals surface area contributed by atoms with Crippen molar-refractivity contribution in [3.8, 4) is 17.1 Å². The van der Waals surface area contributed by atoms with E-state index in [0.29, 0.717) is 37.6 Å². The number of methoxy groups -OCH3 is 1. The number of nitrogens with zero attached hydrogens (tertiary/aromatic N) is 3. The molecule has 178 valence electrons. The number of anilines is 1. The summed E-state index contributed by atoms with van der Waals surface area (Å²) < 4.78 is 33.6. The highest BCUT2D eigenvalue weighted by Crippen LogP contribution is 2.42. The van der Waals surface area contributed by atoms with Crippen LogP contribution in [0.1, 0.15) is 5.56 Å². The molecule has 0 aliphatic carbocycles. The third-order valence-corrected chi connectivity index (χ3v) is 6.18. The van der Waals surface area contributed by atoms with E-state index < -0.39 is 11.9 Å². The molecule has 0 saturated carbocycles. The van der Waals surface area contributed by atoms with E-state index >= 15 is 4.39 Å². The maximum Gasteiger partial charge on any atom is 0.409 e. The molecule has 2 amide bonds. The molecule has 11 heteroatoms. The van der Waals surface area contributed by atoms with E-state index in [9.17, 15) is 9.59 Å². The molecule has 34 heavy (non-hydrogen) atoms. The number of carbonyl (C=O) groups is 2. The summed E-state index contributed by atoms with van der Waals surface area (Å²) in [5.74, 6) is -0.885. The van der Waals surface area contributed by atoms with E-state index in [4.69, 9.17) is 30.8 Å². The topological polar surface area (TPSA) is 94.9 Å².